The molecule has 1 atom stereocenters. The molecule has 0 spiro atoms. The van der Waals surface area contributed by atoms with Gasteiger partial charge in [0.1, 0.15) is 23.8 Å². The molecule has 0 radical (unpaired) electrons. The Hall–Kier alpha value is -2.54. The van der Waals surface area contributed by atoms with Crippen LogP contribution in [0.1, 0.15) is 29.0 Å². The molecule has 0 aliphatic carbocycles. The average Bonchev–Trinajstić information content (AvgIpc) is 3.30. The smallest absolute Gasteiger partial charge is 0.271 e. The minimum absolute atomic E-state index is 0.174. The largest absolute Gasteiger partial charge is 0.497 e. The number of hydrogen-bond acceptors (Lipinski definition) is 5. The second kappa shape index (κ2) is 7.83. The number of hydrogen-bond donors (Lipinski definition) is 3. The van der Waals surface area contributed by atoms with Gasteiger partial charge in [-0.3, -0.25) is 9.89 Å². The zero-order valence-electron chi connectivity index (χ0n) is 13.7. The van der Waals surface area contributed by atoms with Crippen molar-refractivity contribution in [2.45, 2.75) is 25.5 Å². The Balaban J connectivity index is 1.50. The third-order valence-electron chi connectivity index (χ3n) is 3.97. The van der Waals surface area contributed by atoms with Gasteiger partial charge in [0.25, 0.3) is 5.91 Å². The van der Waals surface area contributed by atoms with E-state index < -0.39 is 0 Å². The number of rotatable bonds is 7. The maximum absolute atomic E-state index is 12.1. The van der Waals surface area contributed by atoms with Crippen LogP contribution in [0.25, 0.3) is 0 Å². The van der Waals surface area contributed by atoms with Gasteiger partial charge in [0.2, 0.25) is 0 Å². The molecule has 1 saturated heterocycles. The van der Waals surface area contributed by atoms with Crippen molar-refractivity contribution < 1.29 is 14.3 Å². The molecule has 128 valence electrons. The molecular formula is C17H22N4O3. The van der Waals surface area contributed by atoms with Crippen LogP contribution in [0.5, 0.6) is 11.5 Å². The highest BCUT2D eigenvalue weighted by atomic mass is 16.5. The molecule has 2 aromatic rings. The molecule has 3 N–H and O–H groups in total. The van der Waals surface area contributed by atoms with Crippen molar-refractivity contribution in [1.82, 2.24) is 20.8 Å². The number of ether oxygens (including phenoxy) is 2. The van der Waals surface area contributed by atoms with E-state index in [9.17, 15) is 4.79 Å². The van der Waals surface area contributed by atoms with Crippen molar-refractivity contribution in [2.75, 3.05) is 20.2 Å². The predicted molar refractivity (Wildman–Crippen MR) is 89.3 cm³/mol. The van der Waals surface area contributed by atoms with E-state index in [0.717, 1.165) is 30.8 Å². The summed E-state index contributed by atoms with van der Waals surface area (Å²) in [5, 5.41) is 13.1. The number of carbonyl (C=O) groups excluding carboxylic acids is 1. The van der Waals surface area contributed by atoms with Gasteiger partial charge in [0.15, 0.2) is 0 Å². The number of nitrogens with one attached hydrogen (secondary N) is 3. The minimum Gasteiger partial charge on any atom is -0.497 e. The summed E-state index contributed by atoms with van der Waals surface area (Å²) in [5.74, 6) is 1.26. The summed E-state index contributed by atoms with van der Waals surface area (Å²) >= 11 is 0. The van der Waals surface area contributed by atoms with E-state index in [-0.39, 0.29) is 5.91 Å². The molecule has 1 aromatic carbocycles. The normalized spacial score (nSPS) is 16.8. The van der Waals surface area contributed by atoms with Crippen molar-refractivity contribution in [2.24, 2.45) is 0 Å². The van der Waals surface area contributed by atoms with Crippen molar-refractivity contribution in [3.05, 3.63) is 41.7 Å². The molecule has 1 amide bonds. The summed E-state index contributed by atoms with van der Waals surface area (Å²) in [7, 11) is 1.61. The third-order valence-corrected chi connectivity index (χ3v) is 3.97. The van der Waals surface area contributed by atoms with E-state index in [1.54, 1.807) is 19.2 Å². The fourth-order valence-corrected chi connectivity index (χ4v) is 2.64. The maximum Gasteiger partial charge on any atom is 0.271 e. The minimum atomic E-state index is -0.174. The van der Waals surface area contributed by atoms with Gasteiger partial charge >= 0.3 is 0 Å². The lowest BCUT2D eigenvalue weighted by molar-refractivity contribution is 0.0945. The van der Waals surface area contributed by atoms with Crippen molar-refractivity contribution >= 4 is 5.91 Å². The average molecular weight is 330 g/mol. The van der Waals surface area contributed by atoms with E-state index in [2.05, 4.69) is 20.8 Å². The van der Waals surface area contributed by atoms with E-state index in [1.807, 2.05) is 18.2 Å². The van der Waals surface area contributed by atoms with Gasteiger partial charge in [-0.2, -0.15) is 5.10 Å². The Morgan fingerprint density at radius 2 is 2.25 bits per heavy atom. The topological polar surface area (TPSA) is 88.3 Å². The van der Waals surface area contributed by atoms with Gasteiger partial charge in [-0.1, -0.05) is 6.07 Å². The third kappa shape index (κ3) is 4.26. The zero-order valence-corrected chi connectivity index (χ0v) is 13.7. The van der Waals surface area contributed by atoms with Crippen LogP contribution in [0, 0.1) is 0 Å². The Morgan fingerprint density at radius 1 is 1.38 bits per heavy atom. The van der Waals surface area contributed by atoms with Crippen LogP contribution < -0.4 is 20.1 Å². The quantitative estimate of drug-likeness (QED) is 0.716. The molecule has 0 saturated carbocycles. The molecule has 1 aliphatic heterocycles. The monoisotopic (exact) mass is 330 g/mol. The molecule has 24 heavy (non-hydrogen) atoms. The molecule has 1 aromatic heterocycles. The number of benzene rings is 1. The number of nitrogens with zero attached hydrogens (tertiary/aromatic N) is 1. The van der Waals surface area contributed by atoms with Gasteiger partial charge in [-0.25, -0.2) is 0 Å². The Bertz CT molecular complexity index is 680. The predicted octanol–water partition coefficient (Wildman–Crippen LogP) is 1.48. The highest BCUT2D eigenvalue weighted by Crippen LogP contribution is 2.19. The molecular weight excluding hydrogens is 308 g/mol. The summed E-state index contributed by atoms with van der Waals surface area (Å²) < 4.78 is 10.8. The fourth-order valence-electron chi connectivity index (χ4n) is 2.64. The Kier molecular flexibility index (Phi) is 5.32. The SMILES string of the molecule is COc1cccc(OCc2cc(C(=O)NC[C@@H]3CCCN3)n[nH]2)c1. The standard InChI is InChI=1S/C17H22N4O3/c1-23-14-5-2-6-15(9-14)24-11-13-8-16(21-20-13)17(22)19-10-12-4-3-7-18-12/h2,5-6,8-9,12,18H,3-4,7,10-11H2,1H3,(H,19,22)(H,20,21)/t12-/m0/s1. The number of carbonyl (C=O) groups is 1. The lowest BCUT2D eigenvalue weighted by Gasteiger charge is -2.10. The van der Waals surface area contributed by atoms with E-state index in [1.165, 1.54) is 0 Å². The molecule has 7 heteroatoms. The second-order valence-electron chi connectivity index (χ2n) is 5.75. The van der Waals surface area contributed by atoms with Crippen LogP contribution in [0.4, 0.5) is 0 Å². The first kappa shape index (κ1) is 16.3. The first-order valence-electron chi connectivity index (χ1n) is 8.07. The Labute approximate surface area is 140 Å². The first-order valence-corrected chi connectivity index (χ1v) is 8.07. The van der Waals surface area contributed by atoms with Crippen LogP contribution in [0.15, 0.2) is 30.3 Å². The van der Waals surface area contributed by atoms with Crippen molar-refractivity contribution in [3.63, 3.8) is 0 Å². The molecule has 0 unspecified atom stereocenters. The summed E-state index contributed by atoms with van der Waals surface area (Å²) in [6, 6.07) is 9.43. The van der Waals surface area contributed by atoms with Crippen LogP contribution >= 0.6 is 0 Å². The summed E-state index contributed by atoms with van der Waals surface area (Å²) in [6.07, 6.45) is 2.26. The molecule has 2 heterocycles. The number of methoxy groups -OCH3 is 1. The van der Waals surface area contributed by atoms with Crippen molar-refractivity contribution in [1.29, 1.82) is 0 Å². The summed E-state index contributed by atoms with van der Waals surface area (Å²) in [6.45, 7) is 1.95. The van der Waals surface area contributed by atoms with E-state index >= 15 is 0 Å². The molecule has 3 rings (SSSR count). The number of H-pyrrole nitrogens is 1. The van der Waals surface area contributed by atoms with E-state index in [0.29, 0.717) is 30.6 Å². The lowest BCUT2D eigenvalue weighted by atomic mass is 10.2. The van der Waals surface area contributed by atoms with Gasteiger partial charge < -0.3 is 20.1 Å². The van der Waals surface area contributed by atoms with E-state index in [4.69, 9.17) is 9.47 Å². The molecule has 1 fully saturated rings. The number of aromatic nitrogens is 2. The van der Waals surface area contributed by atoms with Crippen molar-refractivity contribution in [3.8, 4) is 11.5 Å². The lowest BCUT2D eigenvalue weighted by Crippen LogP contribution is -2.37. The van der Waals surface area contributed by atoms with Crippen LogP contribution in [-0.4, -0.2) is 42.3 Å². The Morgan fingerprint density at radius 3 is 3.04 bits per heavy atom. The highest BCUT2D eigenvalue weighted by molar-refractivity contribution is 5.92. The van der Waals surface area contributed by atoms with Crippen LogP contribution in [0.3, 0.4) is 0 Å². The van der Waals surface area contributed by atoms with Gasteiger partial charge in [0, 0.05) is 18.7 Å². The van der Waals surface area contributed by atoms with Gasteiger partial charge in [0.05, 0.1) is 12.8 Å². The molecule has 1 aliphatic rings. The zero-order chi connectivity index (χ0) is 16.8. The summed E-state index contributed by atoms with van der Waals surface area (Å²) in [5.41, 5.74) is 1.11. The van der Waals surface area contributed by atoms with Gasteiger partial charge in [-0.15, -0.1) is 0 Å². The number of aromatic amines is 1. The van der Waals surface area contributed by atoms with Gasteiger partial charge in [-0.05, 0) is 37.6 Å². The maximum atomic E-state index is 12.1. The number of amides is 1. The molecule has 0 bridgehead atoms. The van der Waals surface area contributed by atoms with Crippen LogP contribution in [-0.2, 0) is 6.61 Å². The first-order chi connectivity index (χ1) is 11.7. The highest BCUT2D eigenvalue weighted by Gasteiger charge is 2.16. The molecule has 7 nitrogen and oxygen atoms in total. The second-order valence-corrected chi connectivity index (χ2v) is 5.75. The summed E-state index contributed by atoms with van der Waals surface area (Å²) in [4.78, 5) is 12.1. The van der Waals surface area contributed by atoms with Crippen LogP contribution in [0.2, 0.25) is 0 Å². The fraction of sp³-hybridized carbons (Fsp3) is 0.412.